The van der Waals surface area contributed by atoms with E-state index in [0.29, 0.717) is 6.04 Å². The summed E-state index contributed by atoms with van der Waals surface area (Å²) in [4.78, 5) is 0. The van der Waals surface area contributed by atoms with Crippen LogP contribution in [0.25, 0.3) is 0 Å². The summed E-state index contributed by atoms with van der Waals surface area (Å²) in [5, 5.41) is 3.77. The molecule has 2 rings (SSSR count). The number of halogens is 1. The predicted molar refractivity (Wildman–Crippen MR) is 87.6 cm³/mol. The van der Waals surface area contributed by atoms with Crippen LogP contribution in [0.15, 0.2) is 24.3 Å². The molecule has 1 aromatic rings. The molecule has 2 heteroatoms. The number of alkyl halides is 1. The highest BCUT2D eigenvalue weighted by atomic mass is 127. The molecule has 0 saturated carbocycles. The Hall–Kier alpha value is -0.0900. The van der Waals surface area contributed by atoms with E-state index in [9.17, 15) is 0 Å². The zero-order valence-corrected chi connectivity index (χ0v) is 13.6. The maximum absolute atomic E-state index is 3.77. The van der Waals surface area contributed by atoms with Crippen molar-refractivity contribution in [1.82, 2.24) is 5.32 Å². The van der Waals surface area contributed by atoms with Crippen LogP contribution in [-0.4, -0.2) is 17.0 Å². The molecule has 1 aliphatic carbocycles. The van der Waals surface area contributed by atoms with Crippen LogP contribution in [0.1, 0.15) is 43.7 Å². The molecule has 1 aliphatic rings. The highest BCUT2D eigenvalue weighted by Gasteiger charge is 2.21. The monoisotopic (exact) mass is 357 g/mol. The van der Waals surface area contributed by atoms with Crippen LogP contribution in [0.4, 0.5) is 0 Å². The molecule has 0 fully saturated rings. The zero-order valence-electron chi connectivity index (χ0n) is 11.5. The van der Waals surface area contributed by atoms with E-state index in [0.717, 1.165) is 18.4 Å². The quantitative estimate of drug-likeness (QED) is 0.617. The molecule has 2 unspecified atom stereocenters. The van der Waals surface area contributed by atoms with Gasteiger partial charge in [-0.15, -0.1) is 0 Å². The maximum Gasteiger partial charge on any atom is 0.0180 e. The highest BCUT2D eigenvalue weighted by Crippen LogP contribution is 2.31. The molecule has 0 radical (unpaired) electrons. The Morgan fingerprint density at radius 1 is 1.33 bits per heavy atom. The summed E-state index contributed by atoms with van der Waals surface area (Å²) in [6, 6.07) is 9.65. The number of nitrogens with one attached hydrogen (secondary N) is 1. The minimum absolute atomic E-state index is 0.652. The topological polar surface area (TPSA) is 12.0 Å². The number of benzene rings is 1. The number of hydrogen-bond donors (Lipinski definition) is 1. The van der Waals surface area contributed by atoms with E-state index in [2.05, 4.69) is 66.0 Å². The van der Waals surface area contributed by atoms with Gasteiger partial charge >= 0.3 is 0 Å². The van der Waals surface area contributed by atoms with E-state index in [1.165, 1.54) is 23.7 Å². The first-order valence-electron chi connectivity index (χ1n) is 7.09. The molecule has 1 nitrogen and oxygen atoms in total. The average molecular weight is 357 g/mol. The lowest BCUT2D eigenvalue weighted by atomic mass is 9.82. The van der Waals surface area contributed by atoms with E-state index < -0.39 is 0 Å². The van der Waals surface area contributed by atoms with Gasteiger partial charge in [0.1, 0.15) is 0 Å². The number of aryl methyl sites for hydroxylation is 1. The first kappa shape index (κ1) is 14.3. The van der Waals surface area contributed by atoms with E-state index >= 15 is 0 Å². The SMILES string of the molecule is CC(C)C(CI)NCC1CCCc2ccccc21. The molecule has 0 bridgehead atoms. The molecular weight excluding hydrogens is 333 g/mol. The van der Waals surface area contributed by atoms with Gasteiger partial charge in [-0.3, -0.25) is 0 Å². The summed E-state index contributed by atoms with van der Waals surface area (Å²) in [7, 11) is 0. The molecule has 0 saturated heterocycles. The Labute approximate surface area is 125 Å². The standard InChI is InChI=1S/C16H24IN/c1-12(2)16(10-17)18-11-14-8-5-7-13-6-3-4-9-15(13)14/h3-4,6,9,12,14,16,18H,5,7-8,10-11H2,1-2H3. The first-order valence-corrected chi connectivity index (χ1v) is 8.62. The molecule has 1 N–H and O–H groups in total. The minimum Gasteiger partial charge on any atom is -0.312 e. The molecule has 0 heterocycles. The van der Waals surface area contributed by atoms with Gasteiger partial charge in [0.25, 0.3) is 0 Å². The first-order chi connectivity index (χ1) is 8.72. The lowest BCUT2D eigenvalue weighted by molar-refractivity contribution is 0.405. The van der Waals surface area contributed by atoms with Gasteiger partial charge in [0.2, 0.25) is 0 Å². The summed E-state index contributed by atoms with van der Waals surface area (Å²) >= 11 is 2.50. The normalized spacial score (nSPS) is 20.8. The van der Waals surface area contributed by atoms with Gasteiger partial charge in [-0.25, -0.2) is 0 Å². The smallest absolute Gasteiger partial charge is 0.0180 e. The van der Waals surface area contributed by atoms with Crippen LogP contribution in [0.5, 0.6) is 0 Å². The van der Waals surface area contributed by atoms with E-state index in [1.807, 2.05) is 0 Å². The van der Waals surface area contributed by atoms with Crippen LogP contribution in [-0.2, 0) is 6.42 Å². The Bertz CT molecular complexity index is 375. The summed E-state index contributed by atoms with van der Waals surface area (Å²) in [6.07, 6.45) is 3.96. The van der Waals surface area contributed by atoms with Crippen molar-refractivity contribution in [2.75, 3.05) is 11.0 Å². The molecule has 1 aromatic carbocycles. The second-order valence-corrected chi connectivity index (χ2v) is 6.58. The minimum atomic E-state index is 0.652. The molecular formula is C16H24IN. The van der Waals surface area contributed by atoms with Gasteiger partial charge in [0, 0.05) is 17.0 Å². The third-order valence-corrected chi connectivity index (χ3v) is 5.04. The fraction of sp³-hybridized carbons (Fsp3) is 0.625. The molecule has 0 aromatic heterocycles. The molecule has 0 amide bonds. The van der Waals surface area contributed by atoms with Crippen LogP contribution >= 0.6 is 22.6 Å². The summed E-state index contributed by atoms with van der Waals surface area (Å²) in [5.41, 5.74) is 3.17. The number of fused-ring (bicyclic) bond motifs is 1. The Morgan fingerprint density at radius 2 is 2.11 bits per heavy atom. The summed E-state index contributed by atoms with van der Waals surface area (Å²) in [6.45, 7) is 5.76. The van der Waals surface area contributed by atoms with Crippen LogP contribution in [0.3, 0.4) is 0 Å². The predicted octanol–water partition coefficient (Wildman–Crippen LogP) is 4.16. The Morgan fingerprint density at radius 3 is 2.83 bits per heavy atom. The Balaban J connectivity index is 1.99. The van der Waals surface area contributed by atoms with Crippen molar-refractivity contribution in [3.05, 3.63) is 35.4 Å². The molecule has 2 atom stereocenters. The third-order valence-electron chi connectivity index (χ3n) is 4.09. The van der Waals surface area contributed by atoms with E-state index in [4.69, 9.17) is 0 Å². The molecule has 100 valence electrons. The highest BCUT2D eigenvalue weighted by molar-refractivity contribution is 14.1. The van der Waals surface area contributed by atoms with Crippen molar-refractivity contribution in [1.29, 1.82) is 0 Å². The fourth-order valence-electron chi connectivity index (χ4n) is 2.83. The van der Waals surface area contributed by atoms with Crippen LogP contribution in [0.2, 0.25) is 0 Å². The van der Waals surface area contributed by atoms with E-state index in [-0.39, 0.29) is 0 Å². The maximum atomic E-state index is 3.77. The van der Waals surface area contributed by atoms with Crippen molar-refractivity contribution in [3.63, 3.8) is 0 Å². The van der Waals surface area contributed by atoms with Crippen molar-refractivity contribution < 1.29 is 0 Å². The van der Waals surface area contributed by atoms with Gasteiger partial charge in [-0.1, -0.05) is 60.7 Å². The van der Waals surface area contributed by atoms with Crippen molar-refractivity contribution >= 4 is 22.6 Å². The Kier molecular flexibility index (Phi) is 5.49. The van der Waals surface area contributed by atoms with Gasteiger partial charge in [-0.2, -0.15) is 0 Å². The van der Waals surface area contributed by atoms with Crippen molar-refractivity contribution in [3.8, 4) is 0 Å². The largest absolute Gasteiger partial charge is 0.312 e. The van der Waals surface area contributed by atoms with Gasteiger partial charge < -0.3 is 5.32 Å². The zero-order chi connectivity index (χ0) is 13.0. The molecule has 0 aliphatic heterocycles. The molecule has 18 heavy (non-hydrogen) atoms. The third kappa shape index (κ3) is 3.47. The number of hydrogen-bond acceptors (Lipinski definition) is 1. The van der Waals surface area contributed by atoms with Gasteiger partial charge in [-0.05, 0) is 42.2 Å². The lowest BCUT2D eigenvalue weighted by Crippen LogP contribution is -2.38. The van der Waals surface area contributed by atoms with Crippen LogP contribution < -0.4 is 5.32 Å². The lowest BCUT2D eigenvalue weighted by Gasteiger charge is -2.28. The molecule has 0 spiro atoms. The van der Waals surface area contributed by atoms with E-state index in [1.54, 1.807) is 11.1 Å². The van der Waals surface area contributed by atoms with Crippen LogP contribution in [0, 0.1) is 5.92 Å². The van der Waals surface area contributed by atoms with Gasteiger partial charge in [0.15, 0.2) is 0 Å². The fourth-order valence-corrected chi connectivity index (χ4v) is 4.16. The second-order valence-electron chi connectivity index (χ2n) is 5.70. The average Bonchev–Trinajstić information content (AvgIpc) is 2.39. The number of rotatable bonds is 5. The van der Waals surface area contributed by atoms with Crippen molar-refractivity contribution in [2.45, 2.75) is 45.1 Å². The summed E-state index contributed by atoms with van der Waals surface area (Å²) < 4.78 is 1.20. The van der Waals surface area contributed by atoms with Crippen molar-refractivity contribution in [2.24, 2.45) is 5.92 Å². The second kappa shape index (κ2) is 6.90. The van der Waals surface area contributed by atoms with Gasteiger partial charge in [0.05, 0.1) is 0 Å². The summed E-state index contributed by atoms with van der Waals surface area (Å²) in [5.74, 6) is 1.44.